The van der Waals surface area contributed by atoms with Crippen LogP contribution in [0.15, 0.2) is 0 Å². The van der Waals surface area contributed by atoms with Gasteiger partial charge in [0.2, 0.25) is 0 Å². The highest BCUT2D eigenvalue weighted by atomic mass is 16.3. The van der Waals surface area contributed by atoms with E-state index in [0.717, 1.165) is 13.0 Å². The maximum atomic E-state index is 9.22. The first kappa shape index (κ1) is 24.9. The van der Waals surface area contributed by atoms with Crippen LogP contribution in [0.4, 0.5) is 0 Å². The van der Waals surface area contributed by atoms with Gasteiger partial charge in [-0.3, -0.25) is 0 Å². The van der Waals surface area contributed by atoms with Gasteiger partial charge in [0, 0.05) is 6.92 Å². The molecule has 150 valence electrons. The molecule has 0 aliphatic rings. The van der Waals surface area contributed by atoms with Gasteiger partial charge in [0.05, 0.1) is 26.3 Å². The van der Waals surface area contributed by atoms with Crippen LogP contribution in [-0.4, -0.2) is 54.1 Å². The first-order valence-electron chi connectivity index (χ1n) is 11.0. The van der Waals surface area contributed by atoms with Crippen molar-refractivity contribution in [2.45, 2.75) is 96.8 Å². The molecule has 2 radical (unpaired) electrons. The van der Waals surface area contributed by atoms with Crippen molar-refractivity contribution in [1.29, 1.82) is 0 Å². The minimum absolute atomic E-state index is 0.149. The Balaban J connectivity index is 3.42. The van der Waals surface area contributed by atoms with E-state index in [1.54, 1.807) is 0 Å². The fraction of sp³-hybridized carbons (Fsp3) is 0.955. The number of unbranched alkanes of at least 4 members (excludes halogenated alkanes) is 13. The highest BCUT2D eigenvalue weighted by Gasteiger charge is 2.23. The summed E-state index contributed by atoms with van der Waals surface area (Å²) in [5, 5.41) is 18.4. The highest BCUT2D eigenvalue weighted by Crippen LogP contribution is 2.14. The Hall–Kier alpha value is -0.120. The summed E-state index contributed by atoms with van der Waals surface area (Å²) < 4.78 is 0.658. The fourth-order valence-electron chi connectivity index (χ4n) is 3.68. The Bertz CT molecular complexity index is 252. The second-order valence-electron chi connectivity index (χ2n) is 7.74. The van der Waals surface area contributed by atoms with Crippen LogP contribution in [0.25, 0.3) is 0 Å². The summed E-state index contributed by atoms with van der Waals surface area (Å²) >= 11 is 0. The Kier molecular flexibility index (Phi) is 18.6. The molecule has 0 unspecified atom stereocenters. The summed E-state index contributed by atoms with van der Waals surface area (Å²) in [4.78, 5) is 0. The molecule has 0 rings (SSSR count). The fourth-order valence-corrected chi connectivity index (χ4v) is 3.68. The Morgan fingerprint density at radius 2 is 0.920 bits per heavy atom. The average molecular weight is 357 g/mol. The predicted octanol–water partition coefficient (Wildman–Crippen LogP) is 4.98. The van der Waals surface area contributed by atoms with E-state index in [1.807, 2.05) is 0 Å². The third kappa shape index (κ3) is 14.7. The molecule has 0 aromatic heterocycles. The van der Waals surface area contributed by atoms with Gasteiger partial charge in [0.15, 0.2) is 0 Å². The van der Waals surface area contributed by atoms with E-state index >= 15 is 0 Å². The van der Waals surface area contributed by atoms with Crippen molar-refractivity contribution in [2.24, 2.45) is 0 Å². The lowest BCUT2D eigenvalue weighted by Gasteiger charge is -2.36. The number of aliphatic hydroxyl groups is 2. The second kappa shape index (κ2) is 18.7. The number of hydrogen-bond acceptors (Lipinski definition) is 2. The molecule has 0 aliphatic carbocycles. The average Bonchev–Trinajstić information content (AvgIpc) is 2.62. The van der Waals surface area contributed by atoms with Crippen molar-refractivity contribution in [3.63, 3.8) is 0 Å². The van der Waals surface area contributed by atoms with Crippen molar-refractivity contribution in [3.8, 4) is 0 Å². The smallest absolute Gasteiger partial charge is 0.102 e. The van der Waals surface area contributed by atoms with E-state index < -0.39 is 0 Å². The number of nitrogens with zero attached hydrogens (tertiary/aromatic N) is 1. The third-order valence-corrected chi connectivity index (χ3v) is 5.52. The number of hydrogen-bond donors (Lipinski definition) is 2. The molecule has 0 aromatic carbocycles. The van der Waals surface area contributed by atoms with Gasteiger partial charge in [-0.25, -0.2) is 0 Å². The topological polar surface area (TPSA) is 40.5 Å². The quantitative estimate of drug-likeness (QED) is 0.238. The van der Waals surface area contributed by atoms with Crippen molar-refractivity contribution >= 4 is 0 Å². The van der Waals surface area contributed by atoms with Crippen LogP contribution in [-0.2, 0) is 0 Å². The van der Waals surface area contributed by atoms with E-state index in [-0.39, 0.29) is 13.2 Å². The van der Waals surface area contributed by atoms with E-state index in [2.05, 4.69) is 6.92 Å². The van der Waals surface area contributed by atoms with E-state index in [9.17, 15) is 10.2 Å². The number of quaternary nitrogens is 1. The third-order valence-electron chi connectivity index (χ3n) is 5.52. The number of rotatable bonds is 20. The van der Waals surface area contributed by atoms with E-state index in [4.69, 9.17) is 6.92 Å². The summed E-state index contributed by atoms with van der Waals surface area (Å²) in [6, 6.07) is 0. The molecule has 0 fully saturated rings. The standard InChI is InChI=1S/C22H46NO2/c1-3-5-6-7-8-9-10-11-12-13-14-15-16-17-18-23(4-2,19-21-24)20-22-25/h2,24-25H,3-22H2,1H3/q+1. The molecule has 0 aliphatic heterocycles. The lowest BCUT2D eigenvalue weighted by atomic mass is 10.0. The maximum Gasteiger partial charge on any atom is 0.102 e. The Morgan fingerprint density at radius 3 is 1.24 bits per heavy atom. The molecule has 2 N–H and O–H groups in total. The molecule has 0 spiro atoms. The van der Waals surface area contributed by atoms with Gasteiger partial charge >= 0.3 is 0 Å². The SMILES string of the molecule is [CH]C[N+](CCO)(CCO)CCCCCCCCCCCCCCCC. The summed E-state index contributed by atoms with van der Waals surface area (Å²) in [7, 11) is 0. The van der Waals surface area contributed by atoms with E-state index in [0.29, 0.717) is 24.1 Å². The van der Waals surface area contributed by atoms with Crippen molar-refractivity contribution in [3.05, 3.63) is 6.92 Å². The van der Waals surface area contributed by atoms with Crippen molar-refractivity contribution < 1.29 is 14.7 Å². The summed E-state index contributed by atoms with van der Waals surface area (Å²) in [6.07, 6.45) is 19.1. The van der Waals surface area contributed by atoms with Crippen LogP contribution in [0.3, 0.4) is 0 Å². The van der Waals surface area contributed by atoms with Crippen LogP contribution in [0.2, 0.25) is 0 Å². The normalized spacial score (nSPS) is 12.0. The minimum atomic E-state index is 0.149. The zero-order valence-corrected chi connectivity index (χ0v) is 17.1. The van der Waals surface area contributed by atoms with Gasteiger partial charge in [-0.1, -0.05) is 84.0 Å². The molecular weight excluding hydrogens is 310 g/mol. The first-order valence-corrected chi connectivity index (χ1v) is 11.0. The Morgan fingerprint density at radius 1 is 0.560 bits per heavy atom. The molecule has 0 saturated carbocycles. The molecule has 25 heavy (non-hydrogen) atoms. The summed E-state index contributed by atoms with van der Waals surface area (Å²) in [5.41, 5.74) is 0. The number of aliphatic hydroxyl groups excluding tert-OH is 2. The second-order valence-corrected chi connectivity index (χ2v) is 7.74. The summed E-state index contributed by atoms with van der Waals surface area (Å²) in [5.74, 6) is 0. The first-order chi connectivity index (χ1) is 12.2. The molecule has 3 heteroatoms. The highest BCUT2D eigenvalue weighted by molar-refractivity contribution is 4.51. The molecule has 0 aromatic rings. The van der Waals surface area contributed by atoms with Crippen LogP contribution in [0, 0.1) is 6.92 Å². The molecule has 0 atom stereocenters. The lowest BCUT2D eigenvalue weighted by Crippen LogP contribution is -2.52. The predicted molar refractivity (Wildman–Crippen MR) is 109 cm³/mol. The summed E-state index contributed by atoms with van der Waals surface area (Å²) in [6.45, 7) is 11.3. The van der Waals surface area contributed by atoms with Crippen molar-refractivity contribution in [1.82, 2.24) is 0 Å². The minimum Gasteiger partial charge on any atom is -0.391 e. The molecule has 0 heterocycles. The molecule has 3 nitrogen and oxygen atoms in total. The largest absolute Gasteiger partial charge is 0.391 e. The molecule has 0 amide bonds. The van der Waals surface area contributed by atoms with Crippen LogP contribution < -0.4 is 0 Å². The van der Waals surface area contributed by atoms with Crippen LogP contribution >= 0.6 is 0 Å². The maximum absolute atomic E-state index is 9.22. The van der Waals surface area contributed by atoms with Gasteiger partial charge in [-0.05, 0) is 12.8 Å². The molecular formula is C22H46NO2+. The van der Waals surface area contributed by atoms with Gasteiger partial charge in [0.25, 0.3) is 0 Å². The van der Waals surface area contributed by atoms with E-state index in [1.165, 1.54) is 83.5 Å². The monoisotopic (exact) mass is 356 g/mol. The van der Waals surface area contributed by atoms with Gasteiger partial charge in [-0.15, -0.1) is 0 Å². The van der Waals surface area contributed by atoms with Gasteiger partial charge in [-0.2, -0.15) is 0 Å². The van der Waals surface area contributed by atoms with Crippen LogP contribution in [0.1, 0.15) is 96.8 Å². The van der Waals surface area contributed by atoms with Crippen molar-refractivity contribution in [2.75, 3.05) is 39.4 Å². The molecule has 0 saturated heterocycles. The van der Waals surface area contributed by atoms with Crippen LogP contribution in [0.5, 0.6) is 0 Å². The lowest BCUT2D eigenvalue weighted by molar-refractivity contribution is -0.924. The van der Waals surface area contributed by atoms with Gasteiger partial charge < -0.3 is 14.7 Å². The Labute approximate surface area is 158 Å². The molecule has 0 bridgehead atoms. The zero-order chi connectivity index (χ0) is 18.6. The van der Waals surface area contributed by atoms with Gasteiger partial charge in [0.1, 0.15) is 13.1 Å². The zero-order valence-electron chi connectivity index (χ0n) is 17.1.